The maximum atomic E-state index is 6.33. The summed E-state index contributed by atoms with van der Waals surface area (Å²) < 4.78 is 0. The van der Waals surface area contributed by atoms with Gasteiger partial charge in [0.15, 0.2) is 0 Å². The molecule has 1 aromatic carbocycles. The zero-order valence-corrected chi connectivity index (χ0v) is 16.7. The number of H-pyrrole nitrogens is 1. The van der Waals surface area contributed by atoms with Gasteiger partial charge in [0.1, 0.15) is 0 Å². The average Bonchev–Trinajstić information content (AvgIpc) is 3.12. The lowest BCUT2D eigenvalue weighted by Crippen LogP contribution is -2.34. The molecule has 3 heterocycles. The van der Waals surface area contributed by atoms with Crippen molar-refractivity contribution in [3.63, 3.8) is 0 Å². The number of halogens is 1. The van der Waals surface area contributed by atoms with E-state index in [1.807, 2.05) is 32.2 Å². The minimum Gasteiger partial charge on any atom is -0.360 e. The number of hydrogen-bond acceptors (Lipinski definition) is 3. The second-order valence-electron chi connectivity index (χ2n) is 7.19. The first-order chi connectivity index (χ1) is 12.9. The molecule has 1 aliphatic heterocycles. The minimum atomic E-state index is 0.740. The standard InChI is InChI=1S/C22H23ClN4/c1-13-8-10-27(22-25-14(2)11-15(3)26-22)12-19(13)16(4)17-5-6-20(23)21-18(17)7-9-24-21/h5-7,9,11,24H,1,8,10,12H2,2-4H3/b19-16+. The van der Waals surface area contributed by atoms with Crippen LogP contribution in [0.25, 0.3) is 16.5 Å². The van der Waals surface area contributed by atoms with Gasteiger partial charge in [-0.2, -0.15) is 0 Å². The zero-order chi connectivity index (χ0) is 19.1. The van der Waals surface area contributed by atoms with E-state index < -0.39 is 0 Å². The van der Waals surface area contributed by atoms with Gasteiger partial charge in [0, 0.05) is 36.1 Å². The van der Waals surface area contributed by atoms with Gasteiger partial charge in [-0.3, -0.25) is 0 Å². The Balaban J connectivity index is 1.77. The molecule has 1 saturated heterocycles. The van der Waals surface area contributed by atoms with Gasteiger partial charge in [0.2, 0.25) is 5.95 Å². The van der Waals surface area contributed by atoms with E-state index >= 15 is 0 Å². The van der Waals surface area contributed by atoms with Crippen molar-refractivity contribution in [1.82, 2.24) is 15.0 Å². The maximum absolute atomic E-state index is 6.33. The van der Waals surface area contributed by atoms with E-state index in [0.717, 1.165) is 52.8 Å². The van der Waals surface area contributed by atoms with Crippen LogP contribution in [0.2, 0.25) is 5.02 Å². The first kappa shape index (κ1) is 17.8. The molecule has 0 bridgehead atoms. The molecule has 0 amide bonds. The average molecular weight is 379 g/mol. The molecule has 1 aliphatic rings. The van der Waals surface area contributed by atoms with Crippen LogP contribution < -0.4 is 4.90 Å². The Labute approximate surface area is 164 Å². The summed E-state index contributed by atoms with van der Waals surface area (Å²) in [7, 11) is 0. The highest BCUT2D eigenvalue weighted by Crippen LogP contribution is 2.35. The van der Waals surface area contributed by atoms with Crippen LogP contribution in [0, 0.1) is 13.8 Å². The highest BCUT2D eigenvalue weighted by atomic mass is 35.5. The molecule has 4 nitrogen and oxygen atoms in total. The number of aryl methyl sites for hydroxylation is 2. The van der Waals surface area contributed by atoms with Crippen molar-refractivity contribution in [3.8, 4) is 0 Å². The fourth-order valence-corrected chi connectivity index (χ4v) is 4.04. The lowest BCUT2D eigenvalue weighted by Gasteiger charge is -2.32. The Hall–Kier alpha value is -2.59. The molecule has 0 spiro atoms. The van der Waals surface area contributed by atoms with E-state index in [1.165, 1.54) is 22.3 Å². The molecular formula is C22H23ClN4. The summed E-state index contributed by atoms with van der Waals surface area (Å²) in [5.41, 5.74) is 7.84. The molecular weight excluding hydrogens is 356 g/mol. The van der Waals surface area contributed by atoms with E-state index in [1.54, 1.807) is 0 Å². The summed E-state index contributed by atoms with van der Waals surface area (Å²) in [5, 5.41) is 1.88. The minimum absolute atomic E-state index is 0.740. The van der Waals surface area contributed by atoms with Gasteiger partial charge >= 0.3 is 0 Å². The summed E-state index contributed by atoms with van der Waals surface area (Å²) in [6, 6.07) is 8.14. The van der Waals surface area contributed by atoms with Crippen molar-refractivity contribution >= 4 is 34.0 Å². The van der Waals surface area contributed by atoms with Gasteiger partial charge in [-0.05, 0) is 67.7 Å². The summed E-state index contributed by atoms with van der Waals surface area (Å²) in [6.07, 6.45) is 2.84. The van der Waals surface area contributed by atoms with E-state index in [0.29, 0.717) is 0 Å². The van der Waals surface area contributed by atoms with Crippen molar-refractivity contribution in [2.45, 2.75) is 27.2 Å². The normalized spacial score (nSPS) is 16.9. The summed E-state index contributed by atoms with van der Waals surface area (Å²) in [5.74, 6) is 0.799. The number of nitrogens with zero attached hydrogens (tertiary/aromatic N) is 3. The number of rotatable bonds is 2. The molecule has 0 aliphatic carbocycles. The molecule has 1 fully saturated rings. The number of aromatic nitrogens is 3. The number of benzene rings is 1. The molecule has 4 rings (SSSR count). The van der Waals surface area contributed by atoms with Crippen molar-refractivity contribution < 1.29 is 0 Å². The smallest absolute Gasteiger partial charge is 0.226 e. The van der Waals surface area contributed by atoms with Crippen LogP contribution in [0.5, 0.6) is 0 Å². The highest BCUT2D eigenvalue weighted by molar-refractivity contribution is 6.35. The molecule has 2 aromatic heterocycles. The number of allylic oxidation sites excluding steroid dienone is 1. The lowest BCUT2D eigenvalue weighted by atomic mass is 9.90. The molecule has 1 N–H and O–H groups in total. The predicted molar refractivity (Wildman–Crippen MR) is 113 cm³/mol. The SMILES string of the molecule is C=C1CCN(c2nc(C)cc(C)n2)C/C1=C(/C)c1ccc(Cl)c2[nH]ccc12. The fraction of sp³-hybridized carbons (Fsp3) is 0.273. The Kier molecular flexibility index (Phi) is 4.52. The van der Waals surface area contributed by atoms with Crippen LogP contribution >= 0.6 is 11.6 Å². The Bertz CT molecular complexity index is 1060. The lowest BCUT2D eigenvalue weighted by molar-refractivity contribution is 0.738. The first-order valence-electron chi connectivity index (χ1n) is 9.15. The zero-order valence-electron chi connectivity index (χ0n) is 15.9. The number of fused-ring (bicyclic) bond motifs is 1. The van der Waals surface area contributed by atoms with Crippen molar-refractivity contribution in [2.24, 2.45) is 0 Å². The molecule has 0 radical (unpaired) electrons. The van der Waals surface area contributed by atoms with E-state index in [2.05, 4.69) is 45.5 Å². The molecule has 3 aromatic rings. The third kappa shape index (κ3) is 3.26. The number of aromatic amines is 1. The molecule has 0 saturated carbocycles. The highest BCUT2D eigenvalue weighted by Gasteiger charge is 2.23. The molecule has 0 unspecified atom stereocenters. The van der Waals surface area contributed by atoms with E-state index in [4.69, 9.17) is 11.6 Å². The van der Waals surface area contributed by atoms with Gasteiger partial charge in [-0.25, -0.2) is 9.97 Å². The number of anilines is 1. The van der Waals surface area contributed by atoms with Gasteiger partial charge in [-0.15, -0.1) is 0 Å². The van der Waals surface area contributed by atoms with Crippen LogP contribution in [0.3, 0.4) is 0 Å². The molecule has 5 heteroatoms. The molecule has 0 atom stereocenters. The van der Waals surface area contributed by atoms with Crippen molar-refractivity contribution in [3.05, 3.63) is 70.2 Å². The quantitative estimate of drug-likeness (QED) is 0.643. The Morgan fingerprint density at radius 1 is 1.19 bits per heavy atom. The van der Waals surface area contributed by atoms with Gasteiger partial charge in [-0.1, -0.05) is 24.2 Å². The summed E-state index contributed by atoms with van der Waals surface area (Å²) in [4.78, 5) is 14.8. The fourth-order valence-electron chi connectivity index (χ4n) is 3.82. The monoisotopic (exact) mass is 378 g/mol. The number of nitrogens with one attached hydrogen (secondary N) is 1. The van der Waals surface area contributed by atoms with Crippen LogP contribution in [0.15, 0.2) is 48.2 Å². The summed E-state index contributed by atoms with van der Waals surface area (Å²) >= 11 is 6.33. The van der Waals surface area contributed by atoms with Crippen LogP contribution in [-0.4, -0.2) is 28.0 Å². The van der Waals surface area contributed by atoms with Crippen LogP contribution in [0.1, 0.15) is 30.3 Å². The van der Waals surface area contributed by atoms with Gasteiger partial charge < -0.3 is 9.88 Å². The molecule has 27 heavy (non-hydrogen) atoms. The Morgan fingerprint density at radius 3 is 2.67 bits per heavy atom. The second kappa shape index (κ2) is 6.86. The number of piperidine rings is 1. The largest absolute Gasteiger partial charge is 0.360 e. The number of hydrogen-bond donors (Lipinski definition) is 1. The first-order valence-corrected chi connectivity index (χ1v) is 9.53. The van der Waals surface area contributed by atoms with Gasteiger partial charge in [0.05, 0.1) is 10.5 Å². The maximum Gasteiger partial charge on any atom is 0.226 e. The topological polar surface area (TPSA) is 44.8 Å². The second-order valence-corrected chi connectivity index (χ2v) is 7.60. The van der Waals surface area contributed by atoms with Crippen LogP contribution in [-0.2, 0) is 0 Å². The van der Waals surface area contributed by atoms with Crippen molar-refractivity contribution in [1.29, 1.82) is 0 Å². The van der Waals surface area contributed by atoms with E-state index in [-0.39, 0.29) is 0 Å². The third-order valence-corrected chi connectivity index (χ3v) is 5.56. The third-order valence-electron chi connectivity index (χ3n) is 5.24. The Morgan fingerprint density at radius 2 is 1.93 bits per heavy atom. The van der Waals surface area contributed by atoms with Crippen LogP contribution in [0.4, 0.5) is 5.95 Å². The van der Waals surface area contributed by atoms with Crippen molar-refractivity contribution in [2.75, 3.05) is 18.0 Å². The summed E-state index contributed by atoms with van der Waals surface area (Å²) in [6.45, 7) is 12.2. The van der Waals surface area contributed by atoms with E-state index in [9.17, 15) is 0 Å². The van der Waals surface area contributed by atoms with Gasteiger partial charge in [0.25, 0.3) is 0 Å². The predicted octanol–water partition coefficient (Wildman–Crippen LogP) is 5.47. The molecule has 138 valence electrons.